The number of amides is 1. The van der Waals surface area contributed by atoms with Gasteiger partial charge in [-0.15, -0.1) is 0 Å². The second-order valence-corrected chi connectivity index (χ2v) is 6.87. The van der Waals surface area contributed by atoms with E-state index in [1.807, 2.05) is 41.3 Å². The molecule has 1 fully saturated rings. The van der Waals surface area contributed by atoms with E-state index in [0.717, 1.165) is 63.5 Å². The fourth-order valence-corrected chi connectivity index (χ4v) is 3.28. The lowest BCUT2D eigenvalue weighted by molar-refractivity contribution is 0.0552. The molecule has 27 heavy (non-hydrogen) atoms. The summed E-state index contributed by atoms with van der Waals surface area (Å²) in [5.41, 5.74) is 2.67. The van der Waals surface area contributed by atoms with Crippen molar-refractivity contribution in [3.63, 3.8) is 0 Å². The first-order valence-corrected chi connectivity index (χ1v) is 9.66. The summed E-state index contributed by atoms with van der Waals surface area (Å²) in [4.78, 5) is 17.2. The molecule has 0 unspecified atom stereocenters. The van der Waals surface area contributed by atoms with Crippen molar-refractivity contribution in [2.75, 3.05) is 45.9 Å². The zero-order chi connectivity index (χ0) is 19.1. The van der Waals surface area contributed by atoms with Crippen LogP contribution >= 0.6 is 0 Å². The standard InChI is InChI=1S/C22H28N2O3/c1-2-15-27-16-14-23-10-12-24(13-11-23)22(26)20-5-3-4-19(17-20)18-6-8-21(25)9-7-18/h3-9,17,25H,2,10-16H2,1H3. The molecule has 1 aliphatic heterocycles. The predicted octanol–water partition coefficient (Wildman–Crippen LogP) is 3.24. The monoisotopic (exact) mass is 368 g/mol. The third-order valence-corrected chi connectivity index (χ3v) is 4.87. The van der Waals surface area contributed by atoms with Crippen molar-refractivity contribution in [2.45, 2.75) is 13.3 Å². The fourth-order valence-electron chi connectivity index (χ4n) is 3.28. The van der Waals surface area contributed by atoms with Crippen LogP contribution in [0.2, 0.25) is 0 Å². The van der Waals surface area contributed by atoms with Crippen LogP contribution in [0.3, 0.4) is 0 Å². The number of phenolic OH excluding ortho intramolecular Hbond substituents is 1. The van der Waals surface area contributed by atoms with E-state index in [2.05, 4.69) is 11.8 Å². The van der Waals surface area contributed by atoms with Crippen LogP contribution in [0.1, 0.15) is 23.7 Å². The first-order valence-electron chi connectivity index (χ1n) is 9.66. The molecule has 1 amide bonds. The molecular formula is C22H28N2O3. The maximum atomic E-state index is 12.9. The van der Waals surface area contributed by atoms with Crippen molar-refractivity contribution >= 4 is 5.91 Å². The van der Waals surface area contributed by atoms with E-state index in [-0.39, 0.29) is 11.7 Å². The van der Waals surface area contributed by atoms with Gasteiger partial charge in [0.1, 0.15) is 5.75 Å². The van der Waals surface area contributed by atoms with Crippen molar-refractivity contribution in [1.82, 2.24) is 9.80 Å². The van der Waals surface area contributed by atoms with Crippen molar-refractivity contribution in [3.8, 4) is 16.9 Å². The molecule has 5 nitrogen and oxygen atoms in total. The lowest BCUT2D eigenvalue weighted by atomic mass is 10.0. The summed E-state index contributed by atoms with van der Waals surface area (Å²) in [6, 6.07) is 14.7. The minimum Gasteiger partial charge on any atom is -0.508 e. The Bertz CT molecular complexity index is 737. The largest absolute Gasteiger partial charge is 0.508 e. The Morgan fingerprint density at radius 1 is 1.00 bits per heavy atom. The smallest absolute Gasteiger partial charge is 0.253 e. The fraction of sp³-hybridized carbons (Fsp3) is 0.409. The third-order valence-electron chi connectivity index (χ3n) is 4.87. The lowest BCUT2D eigenvalue weighted by Gasteiger charge is -2.34. The first kappa shape index (κ1) is 19.4. The average Bonchev–Trinajstić information content (AvgIpc) is 2.72. The van der Waals surface area contributed by atoms with Crippen molar-refractivity contribution < 1.29 is 14.6 Å². The number of phenols is 1. The molecule has 0 saturated carbocycles. The van der Waals surface area contributed by atoms with Gasteiger partial charge in [-0.2, -0.15) is 0 Å². The van der Waals surface area contributed by atoms with Crippen LogP contribution in [-0.2, 0) is 4.74 Å². The lowest BCUT2D eigenvalue weighted by Crippen LogP contribution is -2.49. The topological polar surface area (TPSA) is 53.0 Å². The van der Waals surface area contributed by atoms with Gasteiger partial charge in [0.2, 0.25) is 0 Å². The number of carbonyl (C=O) groups is 1. The normalized spacial score (nSPS) is 15.1. The quantitative estimate of drug-likeness (QED) is 0.763. The Morgan fingerprint density at radius 2 is 1.74 bits per heavy atom. The van der Waals surface area contributed by atoms with Crippen molar-refractivity contribution in [3.05, 3.63) is 54.1 Å². The van der Waals surface area contributed by atoms with E-state index < -0.39 is 0 Å². The van der Waals surface area contributed by atoms with Crippen LogP contribution in [0.25, 0.3) is 11.1 Å². The molecule has 0 radical (unpaired) electrons. The summed E-state index contributed by atoms with van der Waals surface area (Å²) in [6.07, 6.45) is 1.05. The highest BCUT2D eigenvalue weighted by Crippen LogP contribution is 2.23. The Balaban J connectivity index is 1.57. The second-order valence-electron chi connectivity index (χ2n) is 6.87. The minimum absolute atomic E-state index is 0.0810. The molecule has 0 aromatic heterocycles. The van der Waals surface area contributed by atoms with Gasteiger partial charge in [-0.1, -0.05) is 31.2 Å². The Morgan fingerprint density at radius 3 is 2.44 bits per heavy atom. The highest BCUT2D eigenvalue weighted by Gasteiger charge is 2.22. The maximum absolute atomic E-state index is 12.9. The number of rotatable bonds is 7. The second kappa shape index (κ2) is 9.53. The molecule has 2 aromatic rings. The SMILES string of the molecule is CCCOCCN1CCN(C(=O)c2cccc(-c3ccc(O)cc3)c2)CC1. The minimum atomic E-state index is 0.0810. The Labute approximate surface area is 161 Å². The van der Waals surface area contributed by atoms with Crippen LogP contribution in [-0.4, -0.2) is 66.8 Å². The van der Waals surface area contributed by atoms with Crippen molar-refractivity contribution in [1.29, 1.82) is 0 Å². The average molecular weight is 368 g/mol. The molecule has 1 N–H and O–H groups in total. The third kappa shape index (κ3) is 5.31. The van der Waals surface area contributed by atoms with Gasteiger partial charge in [-0.3, -0.25) is 9.69 Å². The van der Waals surface area contributed by atoms with E-state index in [1.165, 1.54) is 0 Å². The highest BCUT2D eigenvalue weighted by atomic mass is 16.5. The molecule has 3 rings (SSSR count). The van der Waals surface area contributed by atoms with Crippen LogP contribution in [0.15, 0.2) is 48.5 Å². The Kier molecular flexibility index (Phi) is 6.85. The van der Waals surface area contributed by atoms with Gasteiger partial charge >= 0.3 is 0 Å². The highest BCUT2D eigenvalue weighted by molar-refractivity contribution is 5.95. The van der Waals surface area contributed by atoms with Gasteiger partial charge in [-0.25, -0.2) is 0 Å². The zero-order valence-electron chi connectivity index (χ0n) is 15.9. The van der Waals surface area contributed by atoms with Gasteiger partial charge < -0.3 is 14.7 Å². The van der Waals surface area contributed by atoms with E-state index in [0.29, 0.717) is 5.56 Å². The molecule has 0 aliphatic carbocycles. The van der Waals surface area contributed by atoms with E-state index in [1.54, 1.807) is 12.1 Å². The van der Waals surface area contributed by atoms with Gasteiger partial charge in [-0.05, 0) is 41.8 Å². The number of nitrogens with zero attached hydrogens (tertiary/aromatic N) is 2. The molecule has 0 atom stereocenters. The molecule has 144 valence electrons. The number of hydrogen-bond acceptors (Lipinski definition) is 4. The number of aromatic hydroxyl groups is 1. The molecular weight excluding hydrogens is 340 g/mol. The first-order chi connectivity index (χ1) is 13.2. The number of hydrogen-bond donors (Lipinski definition) is 1. The Hall–Kier alpha value is -2.37. The molecule has 0 spiro atoms. The predicted molar refractivity (Wildman–Crippen MR) is 107 cm³/mol. The number of carbonyl (C=O) groups excluding carboxylic acids is 1. The number of piperazine rings is 1. The van der Waals surface area contributed by atoms with E-state index in [4.69, 9.17) is 4.74 Å². The van der Waals surface area contributed by atoms with Gasteiger partial charge in [0.25, 0.3) is 5.91 Å². The molecule has 1 aliphatic rings. The van der Waals surface area contributed by atoms with E-state index >= 15 is 0 Å². The van der Waals surface area contributed by atoms with Crippen LogP contribution in [0, 0.1) is 0 Å². The molecule has 2 aromatic carbocycles. The number of ether oxygens (including phenoxy) is 1. The van der Waals surface area contributed by atoms with Gasteiger partial charge in [0.05, 0.1) is 6.61 Å². The van der Waals surface area contributed by atoms with Crippen LogP contribution < -0.4 is 0 Å². The molecule has 0 bridgehead atoms. The summed E-state index contributed by atoms with van der Waals surface area (Å²) in [7, 11) is 0. The summed E-state index contributed by atoms with van der Waals surface area (Å²) in [5, 5.41) is 9.45. The number of benzene rings is 2. The molecule has 1 saturated heterocycles. The summed E-state index contributed by atoms with van der Waals surface area (Å²) in [6.45, 7) is 7.88. The summed E-state index contributed by atoms with van der Waals surface area (Å²) < 4.78 is 5.55. The van der Waals surface area contributed by atoms with Gasteiger partial charge in [0, 0.05) is 44.9 Å². The maximum Gasteiger partial charge on any atom is 0.253 e. The summed E-state index contributed by atoms with van der Waals surface area (Å²) >= 11 is 0. The zero-order valence-corrected chi connectivity index (χ0v) is 15.9. The van der Waals surface area contributed by atoms with Crippen molar-refractivity contribution in [2.24, 2.45) is 0 Å². The van der Waals surface area contributed by atoms with E-state index in [9.17, 15) is 9.90 Å². The van der Waals surface area contributed by atoms with Gasteiger partial charge in [0.15, 0.2) is 0 Å². The van der Waals surface area contributed by atoms with Crippen LogP contribution in [0.4, 0.5) is 0 Å². The molecule has 5 heteroatoms. The van der Waals surface area contributed by atoms with Crippen LogP contribution in [0.5, 0.6) is 5.75 Å². The summed E-state index contributed by atoms with van der Waals surface area (Å²) in [5.74, 6) is 0.321. The molecule has 1 heterocycles.